The van der Waals surface area contributed by atoms with Crippen molar-refractivity contribution < 1.29 is 4.79 Å². The number of aromatic nitrogens is 4. The zero-order valence-corrected chi connectivity index (χ0v) is 16.2. The number of hydrogen-bond donors (Lipinski definition) is 0. The molecule has 3 heterocycles. The molecule has 3 aromatic rings. The molecular weight excluding hydrogens is 346 g/mol. The van der Waals surface area contributed by atoms with Crippen LogP contribution in [0.15, 0.2) is 23.4 Å². The maximum Gasteiger partial charge on any atom is 0.233 e. The molecule has 1 aliphatic heterocycles. The third-order valence-electron chi connectivity index (χ3n) is 5.20. The third-order valence-corrected chi connectivity index (χ3v) is 6.02. The molecular formula is C19H23N5OS. The van der Waals surface area contributed by atoms with Crippen molar-refractivity contribution in [2.75, 3.05) is 18.8 Å². The van der Waals surface area contributed by atoms with Gasteiger partial charge in [-0.3, -0.25) is 4.79 Å². The van der Waals surface area contributed by atoms with Crippen molar-refractivity contribution in [1.82, 2.24) is 24.6 Å². The molecule has 0 spiro atoms. The van der Waals surface area contributed by atoms with E-state index >= 15 is 0 Å². The first-order valence-electron chi connectivity index (χ1n) is 9.03. The lowest BCUT2D eigenvalue weighted by Crippen LogP contribution is -2.38. The molecule has 0 unspecified atom stereocenters. The van der Waals surface area contributed by atoms with Gasteiger partial charge in [-0.15, -0.1) is 10.2 Å². The number of carbonyl (C=O) groups excluding carboxylic acids is 1. The van der Waals surface area contributed by atoms with Crippen LogP contribution < -0.4 is 0 Å². The summed E-state index contributed by atoms with van der Waals surface area (Å²) in [7, 11) is 1.99. The van der Waals surface area contributed by atoms with Gasteiger partial charge in [-0.2, -0.15) is 0 Å². The molecule has 0 radical (unpaired) electrons. The van der Waals surface area contributed by atoms with E-state index in [0.717, 1.165) is 53.9 Å². The molecule has 1 aromatic carbocycles. The summed E-state index contributed by atoms with van der Waals surface area (Å²) in [4.78, 5) is 19.0. The monoisotopic (exact) mass is 369 g/mol. The topological polar surface area (TPSA) is 63.9 Å². The Hall–Kier alpha value is -2.15. The van der Waals surface area contributed by atoms with Gasteiger partial charge in [0.15, 0.2) is 5.65 Å². The zero-order chi connectivity index (χ0) is 18.3. The largest absolute Gasteiger partial charge is 0.342 e. The Bertz CT molecular complexity index is 975. The zero-order valence-electron chi connectivity index (χ0n) is 15.4. The van der Waals surface area contributed by atoms with Crippen LogP contribution in [0.1, 0.15) is 25.3 Å². The number of rotatable bonds is 3. The average Bonchev–Trinajstić information content (AvgIpc) is 2.92. The highest BCUT2D eigenvalue weighted by Crippen LogP contribution is 2.27. The summed E-state index contributed by atoms with van der Waals surface area (Å²) in [6.45, 7) is 6.04. The van der Waals surface area contributed by atoms with Crippen molar-refractivity contribution >= 4 is 39.7 Å². The number of benzene rings is 1. The molecule has 6 nitrogen and oxygen atoms in total. The van der Waals surface area contributed by atoms with E-state index in [0.29, 0.717) is 10.9 Å². The molecule has 7 heteroatoms. The van der Waals surface area contributed by atoms with Crippen LogP contribution >= 0.6 is 11.8 Å². The average molecular weight is 369 g/mol. The van der Waals surface area contributed by atoms with Crippen LogP contribution in [0.5, 0.6) is 0 Å². The van der Waals surface area contributed by atoms with Gasteiger partial charge in [-0.1, -0.05) is 30.3 Å². The van der Waals surface area contributed by atoms with Crippen LogP contribution in [0, 0.1) is 12.8 Å². The molecule has 0 bridgehead atoms. The third kappa shape index (κ3) is 3.16. The van der Waals surface area contributed by atoms with Gasteiger partial charge in [0, 0.05) is 25.5 Å². The van der Waals surface area contributed by atoms with Gasteiger partial charge in [0.05, 0.1) is 11.3 Å². The SMILES string of the molecule is Cc1ccc2c(c1)c1nnc(SCC(=O)N3CCC(C)CC3)nc1n2C. The molecule has 1 aliphatic rings. The number of thioether (sulfide) groups is 1. The summed E-state index contributed by atoms with van der Waals surface area (Å²) in [5.74, 6) is 1.25. The van der Waals surface area contributed by atoms with Crippen LogP contribution in [-0.4, -0.2) is 49.4 Å². The summed E-state index contributed by atoms with van der Waals surface area (Å²) in [6.07, 6.45) is 2.19. The smallest absolute Gasteiger partial charge is 0.233 e. The van der Waals surface area contributed by atoms with Gasteiger partial charge in [0.25, 0.3) is 0 Å². The molecule has 0 aliphatic carbocycles. The second kappa shape index (κ2) is 6.87. The molecule has 2 aromatic heterocycles. The highest BCUT2D eigenvalue weighted by Gasteiger charge is 2.21. The van der Waals surface area contributed by atoms with E-state index in [1.807, 2.05) is 16.5 Å². The second-order valence-corrected chi connectivity index (χ2v) is 8.14. The number of piperidine rings is 1. The first kappa shape index (κ1) is 17.3. The Morgan fingerprint density at radius 2 is 2.04 bits per heavy atom. The Kier molecular flexibility index (Phi) is 4.56. The van der Waals surface area contributed by atoms with E-state index in [2.05, 4.69) is 47.2 Å². The summed E-state index contributed by atoms with van der Waals surface area (Å²) in [5.41, 5.74) is 3.90. The van der Waals surface area contributed by atoms with Crippen molar-refractivity contribution in [1.29, 1.82) is 0 Å². The molecule has 0 saturated carbocycles. The van der Waals surface area contributed by atoms with Crippen LogP contribution in [0.25, 0.3) is 22.1 Å². The fraction of sp³-hybridized carbons (Fsp3) is 0.474. The minimum atomic E-state index is 0.165. The summed E-state index contributed by atoms with van der Waals surface area (Å²) < 4.78 is 2.04. The van der Waals surface area contributed by atoms with E-state index < -0.39 is 0 Å². The van der Waals surface area contributed by atoms with Gasteiger partial charge in [0.1, 0.15) is 5.52 Å². The number of amides is 1. The van der Waals surface area contributed by atoms with Gasteiger partial charge in [-0.05, 0) is 37.8 Å². The number of hydrogen-bond acceptors (Lipinski definition) is 5. The minimum absolute atomic E-state index is 0.165. The lowest BCUT2D eigenvalue weighted by Gasteiger charge is -2.30. The Labute approximate surface area is 157 Å². The number of fused-ring (bicyclic) bond motifs is 3. The van der Waals surface area contributed by atoms with Crippen LogP contribution in [0.3, 0.4) is 0 Å². The number of aryl methyl sites for hydroxylation is 2. The van der Waals surface area contributed by atoms with E-state index in [1.165, 1.54) is 17.3 Å². The minimum Gasteiger partial charge on any atom is -0.342 e. The number of likely N-dealkylation sites (tertiary alicyclic amines) is 1. The first-order chi connectivity index (χ1) is 12.5. The highest BCUT2D eigenvalue weighted by molar-refractivity contribution is 7.99. The van der Waals surface area contributed by atoms with E-state index in [4.69, 9.17) is 0 Å². The van der Waals surface area contributed by atoms with Crippen LogP contribution in [0.4, 0.5) is 0 Å². The number of carbonyl (C=O) groups is 1. The van der Waals surface area contributed by atoms with Gasteiger partial charge >= 0.3 is 0 Å². The van der Waals surface area contributed by atoms with Crippen LogP contribution in [0.2, 0.25) is 0 Å². The quantitative estimate of drug-likeness (QED) is 0.664. The normalized spacial score (nSPS) is 15.9. The van der Waals surface area contributed by atoms with Gasteiger partial charge in [-0.25, -0.2) is 4.98 Å². The summed E-state index contributed by atoms with van der Waals surface area (Å²) >= 11 is 1.37. The molecule has 0 atom stereocenters. The molecule has 1 fully saturated rings. The number of nitrogens with zero attached hydrogens (tertiary/aromatic N) is 5. The second-order valence-electron chi connectivity index (χ2n) is 7.20. The Balaban J connectivity index is 1.53. The molecule has 1 amide bonds. The van der Waals surface area contributed by atoms with E-state index in [9.17, 15) is 4.79 Å². The van der Waals surface area contributed by atoms with Crippen molar-refractivity contribution in [3.8, 4) is 0 Å². The van der Waals surface area contributed by atoms with Gasteiger partial charge in [0.2, 0.25) is 11.1 Å². The first-order valence-corrected chi connectivity index (χ1v) is 10.0. The summed E-state index contributed by atoms with van der Waals surface area (Å²) in [5, 5.41) is 10.3. The lowest BCUT2D eigenvalue weighted by molar-refractivity contribution is -0.129. The maximum atomic E-state index is 12.4. The van der Waals surface area contributed by atoms with Crippen molar-refractivity contribution in [2.24, 2.45) is 13.0 Å². The van der Waals surface area contributed by atoms with E-state index in [-0.39, 0.29) is 5.91 Å². The predicted molar refractivity (Wildman–Crippen MR) is 104 cm³/mol. The van der Waals surface area contributed by atoms with E-state index in [1.54, 1.807) is 0 Å². The Morgan fingerprint density at radius 1 is 1.27 bits per heavy atom. The summed E-state index contributed by atoms with van der Waals surface area (Å²) in [6, 6.07) is 6.28. The van der Waals surface area contributed by atoms with Crippen molar-refractivity contribution in [2.45, 2.75) is 31.8 Å². The lowest BCUT2D eigenvalue weighted by atomic mass is 9.99. The van der Waals surface area contributed by atoms with Crippen molar-refractivity contribution in [3.63, 3.8) is 0 Å². The molecule has 1 saturated heterocycles. The Morgan fingerprint density at radius 3 is 2.81 bits per heavy atom. The maximum absolute atomic E-state index is 12.4. The van der Waals surface area contributed by atoms with Crippen molar-refractivity contribution in [3.05, 3.63) is 23.8 Å². The van der Waals surface area contributed by atoms with Gasteiger partial charge < -0.3 is 9.47 Å². The standard InChI is InChI=1S/C19H23N5OS/c1-12-6-8-24(9-7-12)16(25)11-26-19-20-18-17(21-22-19)14-10-13(2)4-5-15(14)23(18)3/h4-5,10,12H,6-9,11H2,1-3H3. The molecule has 136 valence electrons. The highest BCUT2D eigenvalue weighted by atomic mass is 32.2. The molecule has 4 rings (SSSR count). The fourth-order valence-electron chi connectivity index (χ4n) is 3.49. The predicted octanol–water partition coefficient (Wildman–Crippen LogP) is 3.18. The molecule has 26 heavy (non-hydrogen) atoms. The molecule has 0 N–H and O–H groups in total. The van der Waals surface area contributed by atoms with Crippen LogP contribution in [-0.2, 0) is 11.8 Å². The fourth-order valence-corrected chi connectivity index (χ4v) is 4.18.